The monoisotopic (exact) mass is 378 g/mol. The molecule has 9 N–H and O–H groups in total. The second-order valence-corrected chi connectivity index (χ2v) is 6.16. The molecule has 1 aromatic carbocycles. The normalized spacial score (nSPS) is 10.4. The second-order valence-electron chi connectivity index (χ2n) is 6.16. The van der Waals surface area contributed by atoms with Crippen LogP contribution in [0, 0.1) is 0 Å². The predicted octanol–water partition coefficient (Wildman–Crippen LogP) is -1.03. The van der Waals surface area contributed by atoms with Crippen molar-refractivity contribution in [3.05, 3.63) is 33.4 Å². The van der Waals surface area contributed by atoms with E-state index in [4.69, 9.17) is 17.5 Å². The Kier molecular flexibility index (Phi) is 8.86. The first-order valence-electron chi connectivity index (χ1n) is 9.03. The summed E-state index contributed by atoms with van der Waals surface area (Å²) in [7, 11) is 0. The smallest absolute Gasteiger partial charge is 0.238 e. The van der Waals surface area contributed by atoms with Crippen LogP contribution in [0.3, 0.4) is 0 Å². The van der Waals surface area contributed by atoms with Crippen molar-refractivity contribution >= 4 is 17.7 Å². The van der Waals surface area contributed by atoms with Gasteiger partial charge in [0.1, 0.15) is 0 Å². The molecule has 0 radical (unpaired) electrons. The molecule has 0 heterocycles. The number of amides is 3. The lowest BCUT2D eigenvalue weighted by Gasteiger charge is -2.25. The van der Waals surface area contributed by atoms with Crippen molar-refractivity contribution in [3.63, 3.8) is 0 Å². The molecule has 0 saturated heterocycles. The molecular weight excluding hydrogens is 348 g/mol. The standard InChI is InChI=1S/C18H30N6O3/c1-4-10-13(7-16(25)22-19)11(5-2)15(9-18(27)24-21)12(6-3)14(10)8-17(26)23-20/h4-9,19-21H2,1-3H3,(H,22,25)(H,23,26)(H,24,27). The zero-order chi connectivity index (χ0) is 20.6. The van der Waals surface area contributed by atoms with Crippen molar-refractivity contribution in [1.82, 2.24) is 16.3 Å². The van der Waals surface area contributed by atoms with Crippen molar-refractivity contribution in [1.29, 1.82) is 0 Å². The van der Waals surface area contributed by atoms with E-state index < -0.39 is 0 Å². The summed E-state index contributed by atoms with van der Waals surface area (Å²) in [4.78, 5) is 36.0. The molecule has 0 saturated carbocycles. The maximum Gasteiger partial charge on any atom is 0.238 e. The van der Waals surface area contributed by atoms with Gasteiger partial charge in [0, 0.05) is 0 Å². The Morgan fingerprint density at radius 3 is 0.926 bits per heavy atom. The zero-order valence-corrected chi connectivity index (χ0v) is 16.2. The van der Waals surface area contributed by atoms with Gasteiger partial charge in [0.15, 0.2) is 0 Å². The van der Waals surface area contributed by atoms with E-state index in [1.54, 1.807) is 0 Å². The van der Waals surface area contributed by atoms with Crippen LogP contribution < -0.4 is 33.8 Å². The van der Waals surface area contributed by atoms with Crippen LogP contribution >= 0.6 is 0 Å². The lowest BCUT2D eigenvalue weighted by molar-refractivity contribution is -0.121. The third-order valence-electron chi connectivity index (χ3n) is 4.74. The summed E-state index contributed by atoms with van der Waals surface area (Å²) in [6.07, 6.45) is 2.10. The summed E-state index contributed by atoms with van der Waals surface area (Å²) in [5, 5.41) is 0. The molecule has 1 rings (SSSR count). The first kappa shape index (κ1) is 22.6. The molecule has 0 atom stereocenters. The highest BCUT2D eigenvalue weighted by atomic mass is 16.2. The van der Waals surface area contributed by atoms with Crippen LogP contribution in [0.15, 0.2) is 0 Å². The van der Waals surface area contributed by atoms with Gasteiger partial charge in [-0.25, -0.2) is 17.5 Å². The molecule has 27 heavy (non-hydrogen) atoms. The van der Waals surface area contributed by atoms with Gasteiger partial charge < -0.3 is 0 Å². The van der Waals surface area contributed by atoms with Gasteiger partial charge in [-0.2, -0.15) is 0 Å². The van der Waals surface area contributed by atoms with Gasteiger partial charge in [-0.3, -0.25) is 30.7 Å². The number of benzene rings is 1. The van der Waals surface area contributed by atoms with Gasteiger partial charge >= 0.3 is 0 Å². The van der Waals surface area contributed by atoms with Gasteiger partial charge in [0.05, 0.1) is 19.3 Å². The van der Waals surface area contributed by atoms with E-state index in [1.807, 2.05) is 20.8 Å². The van der Waals surface area contributed by atoms with Gasteiger partial charge in [0.25, 0.3) is 0 Å². The molecule has 0 aromatic heterocycles. The molecule has 0 unspecified atom stereocenters. The molecular formula is C18H30N6O3. The number of hydrazine groups is 3. The van der Waals surface area contributed by atoms with E-state index in [0.717, 1.165) is 33.4 Å². The Morgan fingerprint density at radius 2 is 0.778 bits per heavy atom. The summed E-state index contributed by atoms with van der Waals surface area (Å²) in [5.74, 6) is 14.8. The minimum absolute atomic E-state index is 0.0708. The maximum absolute atomic E-state index is 12.0. The minimum Gasteiger partial charge on any atom is -0.294 e. The molecule has 1 aromatic rings. The molecule has 0 aliphatic carbocycles. The Hall–Kier alpha value is -2.49. The fourth-order valence-corrected chi connectivity index (χ4v) is 3.65. The minimum atomic E-state index is -0.341. The fourth-order valence-electron chi connectivity index (χ4n) is 3.65. The summed E-state index contributed by atoms with van der Waals surface area (Å²) in [5.41, 5.74) is 11.6. The van der Waals surface area contributed by atoms with E-state index in [-0.39, 0.29) is 37.0 Å². The summed E-state index contributed by atoms with van der Waals surface area (Å²) in [6.45, 7) is 5.90. The highest BCUT2D eigenvalue weighted by Gasteiger charge is 2.24. The SMILES string of the molecule is CCc1c(CC(=O)NN)c(CC)c(CC(=O)NN)c(CC)c1CC(=O)NN. The summed E-state index contributed by atoms with van der Waals surface area (Å²) in [6, 6.07) is 0. The number of hydrogen-bond donors (Lipinski definition) is 6. The van der Waals surface area contributed by atoms with Crippen molar-refractivity contribution in [2.24, 2.45) is 17.5 Å². The number of rotatable bonds is 9. The number of nitrogens with one attached hydrogen (secondary N) is 3. The number of nitrogens with two attached hydrogens (primary N) is 3. The molecule has 0 fully saturated rings. The van der Waals surface area contributed by atoms with E-state index >= 15 is 0 Å². The Bertz CT molecular complexity index is 601. The molecule has 3 amide bonds. The van der Waals surface area contributed by atoms with Crippen LogP contribution in [0.25, 0.3) is 0 Å². The van der Waals surface area contributed by atoms with Crippen molar-refractivity contribution in [3.8, 4) is 0 Å². The lowest BCUT2D eigenvalue weighted by atomic mass is 9.80. The second kappa shape index (κ2) is 10.6. The van der Waals surface area contributed by atoms with Crippen LogP contribution in [0.5, 0.6) is 0 Å². The molecule has 9 heteroatoms. The van der Waals surface area contributed by atoms with Gasteiger partial charge in [-0.1, -0.05) is 20.8 Å². The molecule has 0 aliphatic heterocycles. The van der Waals surface area contributed by atoms with Gasteiger partial charge in [0.2, 0.25) is 17.7 Å². The van der Waals surface area contributed by atoms with E-state index in [2.05, 4.69) is 16.3 Å². The number of hydrogen-bond acceptors (Lipinski definition) is 6. The quantitative estimate of drug-likeness (QED) is 0.183. The molecule has 0 aliphatic rings. The van der Waals surface area contributed by atoms with Crippen LogP contribution in [-0.4, -0.2) is 17.7 Å². The first-order valence-corrected chi connectivity index (χ1v) is 9.03. The summed E-state index contributed by atoms with van der Waals surface area (Å²) < 4.78 is 0. The molecule has 9 nitrogen and oxygen atoms in total. The average molecular weight is 378 g/mol. The first-order chi connectivity index (χ1) is 12.9. The van der Waals surface area contributed by atoms with Crippen molar-refractivity contribution in [2.45, 2.75) is 59.3 Å². The Morgan fingerprint density at radius 1 is 0.556 bits per heavy atom. The highest BCUT2D eigenvalue weighted by molar-refractivity contribution is 5.84. The van der Waals surface area contributed by atoms with E-state index in [9.17, 15) is 14.4 Å². The van der Waals surface area contributed by atoms with Crippen LogP contribution in [0.1, 0.15) is 54.2 Å². The van der Waals surface area contributed by atoms with Crippen LogP contribution in [-0.2, 0) is 52.9 Å². The third-order valence-corrected chi connectivity index (χ3v) is 4.74. The van der Waals surface area contributed by atoms with Crippen molar-refractivity contribution in [2.75, 3.05) is 0 Å². The number of carbonyl (C=O) groups is 3. The molecule has 0 spiro atoms. The highest BCUT2D eigenvalue weighted by Crippen LogP contribution is 2.32. The van der Waals surface area contributed by atoms with Crippen molar-refractivity contribution < 1.29 is 14.4 Å². The predicted molar refractivity (Wildman–Crippen MR) is 103 cm³/mol. The lowest BCUT2D eigenvalue weighted by Crippen LogP contribution is -2.35. The zero-order valence-electron chi connectivity index (χ0n) is 16.2. The Balaban J connectivity index is 3.84. The van der Waals surface area contributed by atoms with E-state index in [1.165, 1.54) is 0 Å². The molecule has 150 valence electrons. The fraction of sp³-hybridized carbons (Fsp3) is 0.500. The van der Waals surface area contributed by atoms with Gasteiger partial charge in [-0.05, 0) is 52.6 Å². The van der Waals surface area contributed by atoms with Gasteiger partial charge in [-0.15, -0.1) is 0 Å². The van der Waals surface area contributed by atoms with Crippen LogP contribution in [0.2, 0.25) is 0 Å². The number of carbonyl (C=O) groups excluding carboxylic acids is 3. The maximum atomic E-state index is 12.0. The topological polar surface area (TPSA) is 165 Å². The van der Waals surface area contributed by atoms with Crippen LogP contribution in [0.4, 0.5) is 0 Å². The van der Waals surface area contributed by atoms with E-state index in [0.29, 0.717) is 19.3 Å². The third kappa shape index (κ3) is 5.25. The average Bonchev–Trinajstić information content (AvgIpc) is 2.67. The summed E-state index contributed by atoms with van der Waals surface area (Å²) >= 11 is 0. The Labute approximate surface area is 159 Å². The molecule has 0 bridgehead atoms. The largest absolute Gasteiger partial charge is 0.294 e.